The third-order valence-corrected chi connectivity index (χ3v) is 6.25. The van der Waals surface area contributed by atoms with Crippen LogP contribution < -0.4 is 10.1 Å². The molecule has 6 nitrogen and oxygen atoms in total. The predicted molar refractivity (Wildman–Crippen MR) is 112 cm³/mol. The Hall–Kier alpha value is -1.73. The number of rotatable bonds is 7. The fourth-order valence-electron chi connectivity index (χ4n) is 3.21. The third kappa shape index (κ3) is 6.14. The molecule has 8 heteroatoms. The maximum Gasteiger partial charge on any atom is 0.233 e. The first-order chi connectivity index (χ1) is 13.5. The number of thioether (sulfide) groups is 1. The molecule has 1 heterocycles. The van der Waals surface area contributed by atoms with E-state index < -0.39 is 0 Å². The van der Waals surface area contributed by atoms with Crippen molar-refractivity contribution in [1.82, 2.24) is 20.5 Å². The highest BCUT2D eigenvalue weighted by atomic mass is 35.5. The van der Waals surface area contributed by atoms with Gasteiger partial charge in [-0.2, -0.15) is 0 Å². The van der Waals surface area contributed by atoms with Crippen molar-refractivity contribution in [3.63, 3.8) is 0 Å². The minimum absolute atomic E-state index is 0.0520. The molecule has 0 bridgehead atoms. The SMILES string of the molecule is Cc1cc(OCc2nc(S[C@H](C)C(=O)NC3CCCCCC3)n[nH]2)ccc1Cl. The predicted octanol–water partition coefficient (Wildman–Crippen LogP) is 4.67. The molecule has 2 aromatic rings. The number of carbonyl (C=O) groups excluding carboxylic acids is 1. The zero-order valence-electron chi connectivity index (χ0n) is 16.3. The summed E-state index contributed by atoms with van der Waals surface area (Å²) in [6.45, 7) is 4.09. The molecule has 0 radical (unpaired) electrons. The van der Waals surface area contributed by atoms with Gasteiger partial charge in [0.15, 0.2) is 5.82 Å². The number of ether oxygens (including phenoxy) is 1. The van der Waals surface area contributed by atoms with Gasteiger partial charge < -0.3 is 10.1 Å². The summed E-state index contributed by atoms with van der Waals surface area (Å²) < 4.78 is 5.73. The number of aromatic nitrogens is 3. The first kappa shape index (κ1) is 21.0. The Kier molecular flexibility index (Phi) is 7.62. The average Bonchev–Trinajstić information content (AvgIpc) is 2.96. The number of hydrogen-bond donors (Lipinski definition) is 2. The molecule has 3 rings (SSSR count). The lowest BCUT2D eigenvalue weighted by molar-refractivity contribution is -0.121. The lowest BCUT2D eigenvalue weighted by Crippen LogP contribution is -2.39. The first-order valence-corrected chi connectivity index (χ1v) is 11.0. The molecule has 1 atom stereocenters. The number of nitrogens with zero attached hydrogens (tertiary/aromatic N) is 2. The molecule has 1 aliphatic rings. The molecule has 1 fully saturated rings. The minimum atomic E-state index is -0.244. The topological polar surface area (TPSA) is 79.9 Å². The fourth-order valence-corrected chi connectivity index (χ4v) is 4.08. The minimum Gasteiger partial charge on any atom is -0.486 e. The van der Waals surface area contributed by atoms with E-state index in [0.717, 1.165) is 24.2 Å². The molecule has 0 unspecified atom stereocenters. The number of hydrogen-bond acceptors (Lipinski definition) is 5. The van der Waals surface area contributed by atoms with E-state index in [1.54, 1.807) is 0 Å². The van der Waals surface area contributed by atoms with E-state index in [-0.39, 0.29) is 17.8 Å². The van der Waals surface area contributed by atoms with Crippen LogP contribution in [0.3, 0.4) is 0 Å². The van der Waals surface area contributed by atoms with Crippen LogP contribution in [0.15, 0.2) is 23.4 Å². The molecule has 0 spiro atoms. The third-order valence-electron chi connectivity index (χ3n) is 4.87. The Morgan fingerprint density at radius 1 is 1.36 bits per heavy atom. The van der Waals surface area contributed by atoms with Crippen LogP contribution in [0.5, 0.6) is 5.75 Å². The van der Waals surface area contributed by atoms with E-state index in [1.165, 1.54) is 37.4 Å². The van der Waals surface area contributed by atoms with E-state index in [0.29, 0.717) is 22.0 Å². The highest BCUT2D eigenvalue weighted by molar-refractivity contribution is 8.00. The van der Waals surface area contributed by atoms with Gasteiger partial charge in [-0.25, -0.2) is 4.98 Å². The molecular formula is C20H27ClN4O2S. The second-order valence-electron chi connectivity index (χ2n) is 7.22. The number of aryl methyl sites for hydroxylation is 1. The van der Waals surface area contributed by atoms with Gasteiger partial charge in [0, 0.05) is 11.1 Å². The molecule has 2 N–H and O–H groups in total. The van der Waals surface area contributed by atoms with E-state index in [9.17, 15) is 4.79 Å². The molecule has 0 aliphatic heterocycles. The number of H-pyrrole nitrogens is 1. The number of halogens is 1. The largest absolute Gasteiger partial charge is 0.486 e. The van der Waals surface area contributed by atoms with E-state index >= 15 is 0 Å². The van der Waals surface area contributed by atoms with Gasteiger partial charge in [-0.05, 0) is 50.5 Å². The number of amides is 1. The second kappa shape index (κ2) is 10.2. The van der Waals surface area contributed by atoms with Gasteiger partial charge in [0.25, 0.3) is 0 Å². The molecule has 1 saturated carbocycles. The Morgan fingerprint density at radius 3 is 2.82 bits per heavy atom. The normalized spacial score (nSPS) is 16.4. The van der Waals surface area contributed by atoms with Gasteiger partial charge in [0.05, 0.1) is 5.25 Å². The zero-order valence-corrected chi connectivity index (χ0v) is 17.9. The maximum atomic E-state index is 12.5. The van der Waals surface area contributed by atoms with E-state index in [2.05, 4.69) is 20.5 Å². The summed E-state index contributed by atoms with van der Waals surface area (Å²) in [5.41, 5.74) is 0.960. The monoisotopic (exact) mass is 422 g/mol. The second-order valence-corrected chi connectivity index (χ2v) is 8.94. The molecule has 1 aromatic heterocycles. The van der Waals surface area contributed by atoms with Gasteiger partial charge in [-0.15, -0.1) is 5.10 Å². The summed E-state index contributed by atoms with van der Waals surface area (Å²) in [5.74, 6) is 1.39. The lowest BCUT2D eigenvalue weighted by Gasteiger charge is -2.18. The average molecular weight is 423 g/mol. The Bertz CT molecular complexity index is 790. The number of aromatic amines is 1. The van der Waals surface area contributed by atoms with Gasteiger partial charge in [-0.3, -0.25) is 9.89 Å². The van der Waals surface area contributed by atoms with Crippen molar-refractivity contribution in [2.75, 3.05) is 0 Å². The summed E-state index contributed by atoms with van der Waals surface area (Å²) in [6.07, 6.45) is 7.10. The van der Waals surface area contributed by atoms with Crippen LogP contribution in [0.4, 0.5) is 0 Å². The highest BCUT2D eigenvalue weighted by Crippen LogP contribution is 2.23. The van der Waals surface area contributed by atoms with Crippen molar-refractivity contribution in [3.8, 4) is 5.75 Å². The smallest absolute Gasteiger partial charge is 0.233 e. The summed E-state index contributed by atoms with van der Waals surface area (Å²) in [7, 11) is 0. The van der Waals surface area contributed by atoms with Crippen molar-refractivity contribution < 1.29 is 9.53 Å². The Morgan fingerprint density at radius 2 is 2.11 bits per heavy atom. The van der Waals surface area contributed by atoms with Crippen LogP contribution in [0.25, 0.3) is 0 Å². The number of nitrogens with one attached hydrogen (secondary N) is 2. The van der Waals surface area contributed by atoms with Crippen LogP contribution in [0.1, 0.15) is 56.8 Å². The first-order valence-electron chi connectivity index (χ1n) is 9.78. The van der Waals surface area contributed by atoms with Crippen molar-refractivity contribution >= 4 is 29.3 Å². The molecule has 28 heavy (non-hydrogen) atoms. The molecule has 152 valence electrons. The van der Waals surface area contributed by atoms with Crippen LogP contribution >= 0.6 is 23.4 Å². The lowest BCUT2D eigenvalue weighted by atomic mass is 10.1. The summed E-state index contributed by atoms with van der Waals surface area (Å²) in [6, 6.07) is 5.81. The summed E-state index contributed by atoms with van der Waals surface area (Å²) in [4.78, 5) is 16.9. The van der Waals surface area contributed by atoms with Crippen LogP contribution in [-0.4, -0.2) is 32.4 Å². The van der Waals surface area contributed by atoms with Crippen molar-refractivity contribution in [2.45, 2.75) is 75.4 Å². The van der Waals surface area contributed by atoms with Gasteiger partial charge in [0.2, 0.25) is 11.1 Å². The quantitative estimate of drug-likeness (QED) is 0.500. The van der Waals surface area contributed by atoms with Gasteiger partial charge in [-0.1, -0.05) is 49.0 Å². The number of carbonyl (C=O) groups is 1. The molecule has 1 amide bonds. The fraction of sp³-hybridized carbons (Fsp3) is 0.550. The summed E-state index contributed by atoms with van der Waals surface area (Å²) in [5, 5.41) is 11.3. The summed E-state index contributed by atoms with van der Waals surface area (Å²) >= 11 is 7.38. The van der Waals surface area contributed by atoms with Gasteiger partial charge >= 0.3 is 0 Å². The van der Waals surface area contributed by atoms with Crippen LogP contribution in [0.2, 0.25) is 5.02 Å². The van der Waals surface area contributed by atoms with Crippen molar-refractivity contribution in [2.24, 2.45) is 0 Å². The highest BCUT2D eigenvalue weighted by Gasteiger charge is 2.21. The number of benzene rings is 1. The maximum absolute atomic E-state index is 12.5. The van der Waals surface area contributed by atoms with Crippen molar-refractivity contribution in [3.05, 3.63) is 34.6 Å². The Labute approximate surface area is 175 Å². The van der Waals surface area contributed by atoms with Gasteiger partial charge in [0.1, 0.15) is 12.4 Å². The molecule has 0 saturated heterocycles. The van der Waals surface area contributed by atoms with Crippen LogP contribution in [0, 0.1) is 6.92 Å². The standard InChI is InChI=1S/C20H27ClN4O2S/c1-13-11-16(9-10-17(13)21)27-12-18-23-20(25-24-18)28-14(2)19(26)22-15-7-5-3-4-6-8-15/h9-11,14-15H,3-8,12H2,1-2H3,(H,22,26)(H,23,24,25)/t14-/m1/s1. The van der Waals surface area contributed by atoms with E-state index in [1.807, 2.05) is 32.0 Å². The molecular weight excluding hydrogens is 396 g/mol. The van der Waals surface area contributed by atoms with E-state index in [4.69, 9.17) is 16.3 Å². The molecule has 1 aliphatic carbocycles. The van der Waals surface area contributed by atoms with Crippen LogP contribution in [-0.2, 0) is 11.4 Å². The Balaban J connectivity index is 1.47. The van der Waals surface area contributed by atoms with Crippen molar-refractivity contribution in [1.29, 1.82) is 0 Å². The molecule has 1 aromatic carbocycles. The zero-order chi connectivity index (χ0) is 19.9.